The van der Waals surface area contributed by atoms with Gasteiger partial charge in [-0.1, -0.05) is 17.7 Å². The molecule has 20 heavy (non-hydrogen) atoms. The highest BCUT2D eigenvalue weighted by Crippen LogP contribution is 2.32. The van der Waals surface area contributed by atoms with Gasteiger partial charge in [0.2, 0.25) is 0 Å². The van der Waals surface area contributed by atoms with Crippen LogP contribution in [0, 0.1) is 17.0 Å². The van der Waals surface area contributed by atoms with Gasteiger partial charge < -0.3 is 4.74 Å². The second-order valence-electron chi connectivity index (χ2n) is 4.22. The Morgan fingerprint density at radius 2 is 2.00 bits per heavy atom. The Morgan fingerprint density at radius 3 is 2.65 bits per heavy atom. The molecule has 0 saturated heterocycles. The SMILES string of the molecule is Cc1ccc(Cl)c(Oc2ccc([N+](=O)[O-])c(CCl)c2)c1. The van der Waals surface area contributed by atoms with Crippen molar-refractivity contribution in [2.45, 2.75) is 12.8 Å². The Kier molecular flexibility index (Phi) is 4.47. The quantitative estimate of drug-likeness (QED) is 0.449. The first-order valence-corrected chi connectivity index (χ1v) is 6.70. The summed E-state index contributed by atoms with van der Waals surface area (Å²) in [5.41, 5.74) is 1.38. The van der Waals surface area contributed by atoms with Crippen molar-refractivity contribution in [3.63, 3.8) is 0 Å². The van der Waals surface area contributed by atoms with E-state index in [1.807, 2.05) is 13.0 Å². The zero-order valence-corrected chi connectivity index (χ0v) is 12.1. The van der Waals surface area contributed by atoms with Crippen LogP contribution in [0.1, 0.15) is 11.1 Å². The van der Waals surface area contributed by atoms with Crippen molar-refractivity contribution in [3.8, 4) is 11.5 Å². The highest BCUT2D eigenvalue weighted by atomic mass is 35.5. The number of rotatable bonds is 4. The van der Waals surface area contributed by atoms with Crippen LogP contribution < -0.4 is 4.74 Å². The van der Waals surface area contributed by atoms with Crippen molar-refractivity contribution in [1.29, 1.82) is 0 Å². The van der Waals surface area contributed by atoms with Crippen LogP contribution in [0.4, 0.5) is 5.69 Å². The fourth-order valence-corrected chi connectivity index (χ4v) is 2.10. The number of hydrogen-bond donors (Lipinski definition) is 0. The summed E-state index contributed by atoms with van der Waals surface area (Å²) in [6, 6.07) is 9.84. The minimum Gasteiger partial charge on any atom is -0.456 e. The molecule has 104 valence electrons. The van der Waals surface area contributed by atoms with Crippen molar-refractivity contribution >= 4 is 28.9 Å². The van der Waals surface area contributed by atoms with Crippen LogP contribution in [0.3, 0.4) is 0 Å². The third kappa shape index (κ3) is 3.21. The van der Waals surface area contributed by atoms with Crippen LogP contribution in [-0.4, -0.2) is 4.92 Å². The summed E-state index contributed by atoms with van der Waals surface area (Å²) in [5.74, 6) is 0.995. The van der Waals surface area contributed by atoms with E-state index in [2.05, 4.69) is 0 Å². The lowest BCUT2D eigenvalue weighted by molar-refractivity contribution is -0.385. The molecule has 0 atom stereocenters. The van der Waals surface area contributed by atoms with Gasteiger partial charge in [0, 0.05) is 11.6 Å². The van der Waals surface area contributed by atoms with Gasteiger partial charge in [0.05, 0.1) is 15.8 Å². The molecule has 2 aromatic carbocycles. The van der Waals surface area contributed by atoms with E-state index in [1.54, 1.807) is 18.2 Å². The molecule has 0 unspecified atom stereocenters. The molecule has 0 radical (unpaired) electrons. The number of benzene rings is 2. The Balaban J connectivity index is 2.34. The fourth-order valence-electron chi connectivity index (χ4n) is 1.73. The molecule has 0 aliphatic heterocycles. The van der Waals surface area contributed by atoms with Crippen molar-refractivity contribution < 1.29 is 9.66 Å². The molecule has 0 bridgehead atoms. The van der Waals surface area contributed by atoms with E-state index in [0.717, 1.165) is 5.56 Å². The summed E-state index contributed by atoms with van der Waals surface area (Å²) >= 11 is 11.8. The highest BCUT2D eigenvalue weighted by molar-refractivity contribution is 6.32. The van der Waals surface area contributed by atoms with Crippen molar-refractivity contribution in [2.24, 2.45) is 0 Å². The molecule has 0 amide bonds. The maximum atomic E-state index is 10.8. The predicted octanol–water partition coefficient (Wildman–Crippen LogP) is 5.09. The smallest absolute Gasteiger partial charge is 0.274 e. The Hall–Kier alpha value is -1.78. The number of nitro groups is 1. The van der Waals surface area contributed by atoms with Gasteiger partial charge in [-0.2, -0.15) is 0 Å². The van der Waals surface area contributed by atoms with Gasteiger partial charge in [0.15, 0.2) is 0 Å². The second-order valence-corrected chi connectivity index (χ2v) is 4.89. The molecule has 6 heteroatoms. The lowest BCUT2D eigenvalue weighted by atomic mass is 10.2. The number of aryl methyl sites for hydroxylation is 1. The van der Waals surface area contributed by atoms with E-state index in [0.29, 0.717) is 22.1 Å². The molecule has 0 heterocycles. The average molecular weight is 312 g/mol. The third-order valence-electron chi connectivity index (χ3n) is 2.71. The Bertz CT molecular complexity index is 659. The molecule has 0 aromatic heterocycles. The lowest BCUT2D eigenvalue weighted by Gasteiger charge is -2.09. The van der Waals surface area contributed by atoms with Crippen LogP contribution in [0.2, 0.25) is 5.02 Å². The molecular formula is C14H11Cl2NO3. The van der Waals surface area contributed by atoms with E-state index in [-0.39, 0.29) is 11.6 Å². The molecule has 2 aromatic rings. The molecule has 0 aliphatic rings. The number of ether oxygens (including phenoxy) is 1. The average Bonchev–Trinajstić information content (AvgIpc) is 2.42. The molecule has 0 aliphatic carbocycles. The molecule has 0 spiro atoms. The Morgan fingerprint density at radius 1 is 1.25 bits per heavy atom. The molecule has 4 nitrogen and oxygen atoms in total. The lowest BCUT2D eigenvalue weighted by Crippen LogP contribution is -1.94. The normalized spacial score (nSPS) is 10.3. The molecular weight excluding hydrogens is 301 g/mol. The first-order chi connectivity index (χ1) is 9.51. The predicted molar refractivity (Wildman–Crippen MR) is 78.9 cm³/mol. The van der Waals surface area contributed by atoms with E-state index < -0.39 is 4.92 Å². The zero-order chi connectivity index (χ0) is 14.7. The third-order valence-corrected chi connectivity index (χ3v) is 3.31. The number of alkyl halides is 1. The summed E-state index contributed by atoms with van der Waals surface area (Å²) in [7, 11) is 0. The largest absolute Gasteiger partial charge is 0.456 e. The van der Waals surface area contributed by atoms with Crippen molar-refractivity contribution in [2.75, 3.05) is 0 Å². The maximum absolute atomic E-state index is 10.8. The van der Waals surface area contributed by atoms with Crippen LogP contribution in [0.15, 0.2) is 36.4 Å². The summed E-state index contributed by atoms with van der Waals surface area (Å²) in [5, 5.41) is 11.3. The molecule has 0 saturated carbocycles. The van der Waals surface area contributed by atoms with Crippen LogP contribution in [-0.2, 0) is 5.88 Å². The summed E-state index contributed by atoms with van der Waals surface area (Å²) in [6.07, 6.45) is 0. The van der Waals surface area contributed by atoms with Gasteiger partial charge in [-0.05, 0) is 36.8 Å². The van der Waals surface area contributed by atoms with Crippen molar-refractivity contribution in [3.05, 3.63) is 62.7 Å². The first kappa shape index (κ1) is 14.6. The highest BCUT2D eigenvalue weighted by Gasteiger charge is 2.14. The summed E-state index contributed by atoms with van der Waals surface area (Å²) in [4.78, 5) is 10.4. The van der Waals surface area contributed by atoms with Gasteiger partial charge in [-0.25, -0.2) is 0 Å². The number of nitrogens with zero attached hydrogens (tertiary/aromatic N) is 1. The first-order valence-electron chi connectivity index (χ1n) is 5.78. The van der Waals surface area contributed by atoms with E-state index in [1.165, 1.54) is 12.1 Å². The zero-order valence-electron chi connectivity index (χ0n) is 10.6. The van der Waals surface area contributed by atoms with E-state index in [9.17, 15) is 10.1 Å². The minimum absolute atomic E-state index is 0.0253. The Labute approximate surface area is 126 Å². The summed E-state index contributed by atoms with van der Waals surface area (Å²) in [6.45, 7) is 1.92. The molecule has 0 fully saturated rings. The minimum atomic E-state index is -0.471. The maximum Gasteiger partial charge on any atom is 0.274 e. The topological polar surface area (TPSA) is 52.4 Å². The number of nitro benzene ring substituents is 1. The van der Waals surface area contributed by atoms with Gasteiger partial charge in [0.25, 0.3) is 5.69 Å². The second kappa shape index (κ2) is 6.11. The molecule has 2 rings (SSSR count). The van der Waals surface area contributed by atoms with Gasteiger partial charge in [-0.3, -0.25) is 10.1 Å². The molecule has 0 N–H and O–H groups in total. The van der Waals surface area contributed by atoms with Gasteiger partial charge >= 0.3 is 0 Å². The number of halogens is 2. The standard InChI is InChI=1S/C14H11Cl2NO3/c1-9-2-4-12(16)14(6-9)20-11-3-5-13(17(18)19)10(7-11)8-15/h2-7H,8H2,1H3. The van der Waals surface area contributed by atoms with Crippen molar-refractivity contribution in [1.82, 2.24) is 0 Å². The number of hydrogen-bond acceptors (Lipinski definition) is 3. The monoisotopic (exact) mass is 311 g/mol. The van der Waals surface area contributed by atoms with Crippen LogP contribution in [0.5, 0.6) is 11.5 Å². The van der Waals surface area contributed by atoms with E-state index in [4.69, 9.17) is 27.9 Å². The van der Waals surface area contributed by atoms with Gasteiger partial charge in [0.1, 0.15) is 11.5 Å². The summed E-state index contributed by atoms with van der Waals surface area (Å²) < 4.78 is 5.65. The van der Waals surface area contributed by atoms with E-state index >= 15 is 0 Å². The van der Waals surface area contributed by atoms with Gasteiger partial charge in [-0.15, -0.1) is 11.6 Å². The van der Waals surface area contributed by atoms with Crippen LogP contribution in [0.25, 0.3) is 0 Å². The fraction of sp³-hybridized carbons (Fsp3) is 0.143. The van der Waals surface area contributed by atoms with Crippen LogP contribution >= 0.6 is 23.2 Å².